The first-order valence-corrected chi connectivity index (χ1v) is 11.6. The molecular weight excluding hydrogens is 436 g/mol. The van der Waals surface area contributed by atoms with Gasteiger partial charge in [0.1, 0.15) is 12.6 Å². The smallest absolute Gasteiger partial charge is 0.407 e. The van der Waals surface area contributed by atoms with Gasteiger partial charge < -0.3 is 25.2 Å². The Morgan fingerprint density at radius 1 is 1.06 bits per heavy atom. The summed E-state index contributed by atoms with van der Waals surface area (Å²) in [6.45, 7) is 4.33. The van der Waals surface area contributed by atoms with Crippen LogP contribution in [0.5, 0.6) is 0 Å². The molecule has 1 aliphatic carbocycles. The van der Waals surface area contributed by atoms with Crippen LogP contribution in [0.15, 0.2) is 48.5 Å². The number of carbonyl (C=O) groups is 3. The molecule has 0 aromatic heterocycles. The van der Waals surface area contributed by atoms with Crippen LogP contribution in [0.3, 0.4) is 0 Å². The second-order valence-electron chi connectivity index (χ2n) is 9.12. The second kappa shape index (κ2) is 10.3. The van der Waals surface area contributed by atoms with Gasteiger partial charge in [-0.15, -0.1) is 0 Å². The predicted molar refractivity (Wildman–Crippen MR) is 125 cm³/mol. The standard InChI is InChI=1S/C26H30N2O6/c1-15(2)22(24(29)27-13-16-11-12-33-23(16)25(30)31)28-26(32)34-14-21-19-9-5-3-7-17(19)18-8-4-6-10-20(18)21/h3-10,15-16,21-23H,11-14H2,1-2H3,(H,27,29)(H,28,32)(H,30,31)/t16-,22?,23-/m0/s1. The van der Waals surface area contributed by atoms with Crippen LogP contribution in [0.4, 0.5) is 4.79 Å². The number of hydrogen-bond donors (Lipinski definition) is 3. The number of alkyl carbamates (subject to hydrolysis) is 1. The van der Waals surface area contributed by atoms with Crippen molar-refractivity contribution in [2.45, 2.75) is 38.3 Å². The minimum absolute atomic E-state index is 0.0696. The Hall–Kier alpha value is -3.39. The van der Waals surface area contributed by atoms with Crippen LogP contribution >= 0.6 is 0 Å². The SMILES string of the molecule is CC(C)C(NC(=O)OCC1c2ccccc2-c2ccccc21)C(=O)NC[C@@H]1CCO[C@@H]1C(=O)O. The zero-order chi connectivity index (χ0) is 24.2. The second-order valence-corrected chi connectivity index (χ2v) is 9.12. The van der Waals surface area contributed by atoms with Gasteiger partial charge in [-0.3, -0.25) is 4.79 Å². The Kier molecular flexibility index (Phi) is 7.17. The van der Waals surface area contributed by atoms with Crippen molar-refractivity contribution in [2.75, 3.05) is 19.8 Å². The lowest BCUT2D eigenvalue weighted by atomic mass is 9.98. The maximum atomic E-state index is 12.8. The molecule has 4 rings (SSSR count). The topological polar surface area (TPSA) is 114 Å². The third kappa shape index (κ3) is 4.92. The van der Waals surface area contributed by atoms with Crippen molar-refractivity contribution in [2.24, 2.45) is 11.8 Å². The van der Waals surface area contributed by atoms with Gasteiger partial charge in [0.05, 0.1) is 0 Å². The quantitative estimate of drug-likeness (QED) is 0.551. The van der Waals surface area contributed by atoms with E-state index in [0.717, 1.165) is 22.3 Å². The summed E-state index contributed by atoms with van der Waals surface area (Å²) in [4.78, 5) is 36.7. The molecule has 0 radical (unpaired) electrons. The number of carbonyl (C=O) groups excluding carboxylic acids is 2. The minimum Gasteiger partial charge on any atom is -0.479 e. The number of ether oxygens (including phenoxy) is 2. The lowest BCUT2D eigenvalue weighted by molar-refractivity contribution is -0.149. The monoisotopic (exact) mass is 466 g/mol. The van der Waals surface area contributed by atoms with Crippen molar-refractivity contribution >= 4 is 18.0 Å². The Morgan fingerprint density at radius 2 is 1.68 bits per heavy atom. The fraction of sp³-hybridized carbons (Fsp3) is 0.423. The van der Waals surface area contributed by atoms with E-state index in [1.54, 1.807) is 0 Å². The minimum atomic E-state index is -1.03. The van der Waals surface area contributed by atoms with E-state index in [9.17, 15) is 19.5 Å². The predicted octanol–water partition coefficient (Wildman–Crippen LogP) is 3.16. The molecule has 3 N–H and O–H groups in total. The van der Waals surface area contributed by atoms with Crippen LogP contribution in [0.2, 0.25) is 0 Å². The molecule has 1 unspecified atom stereocenters. The summed E-state index contributed by atoms with van der Waals surface area (Å²) in [5.41, 5.74) is 4.51. The van der Waals surface area contributed by atoms with Gasteiger partial charge in [-0.1, -0.05) is 62.4 Å². The van der Waals surface area contributed by atoms with Crippen LogP contribution in [0.1, 0.15) is 37.3 Å². The van der Waals surface area contributed by atoms with E-state index in [0.29, 0.717) is 13.0 Å². The number of hydrogen-bond acceptors (Lipinski definition) is 5. The molecule has 2 aliphatic rings. The summed E-state index contributed by atoms with van der Waals surface area (Å²) in [6, 6.07) is 15.4. The van der Waals surface area contributed by atoms with Crippen molar-refractivity contribution in [3.63, 3.8) is 0 Å². The van der Waals surface area contributed by atoms with Gasteiger partial charge in [0, 0.05) is 25.0 Å². The lowest BCUT2D eigenvalue weighted by Crippen LogP contribution is -2.51. The van der Waals surface area contributed by atoms with Crippen molar-refractivity contribution in [1.29, 1.82) is 0 Å². The van der Waals surface area contributed by atoms with E-state index in [4.69, 9.17) is 9.47 Å². The highest BCUT2D eigenvalue weighted by atomic mass is 16.5. The first kappa shape index (κ1) is 23.8. The highest BCUT2D eigenvalue weighted by Crippen LogP contribution is 2.44. The maximum Gasteiger partial charge on any atom is 0.407 e. The van der Waals surface area contributed by atoms with Crippen LogP contribution in [0, 0.1) is 11.8 Å². The van der Waals surface area contributed by atoms with Crippen molar-refractivity contribution < 1.29 is 29.0 Å². The number of nitrogens with one attached hydrogen (secondary N) is 2. The molecule has 2 aromatic carbocycles. The summed E-state index contributed by atoms with van der Waals surface area (Å²) >= 11 is 0. The molecule has 1 aliphatic heterocycles. The van der Waals surface area contributed by atoms with E-state index in [1.807, 2.05) is 50.2 Å². The van der Waals surface area contributed by atoms with Gasteiger partial charge in [-0.25, -0.2) is 9.59 Å². The fourth-order valence-corrected chi connectivity index (χ4v) is 4.76. The molecule has 1 heterocycles. The van der Waals surface area contributed by atoms with Crippen molar-refractivity contribution in [3.8, 4) is 11.1 Å². The third-order valence-electron chi connectivity index (χ3n) is 6.56. The van der Waals surface area contributed by atoms with Gasteiger partial charge in [0.2, 0.25) is 5.91 Å². The van der Waals surface area contributed by atoms with Gasteiger partial charge >= 0.3 is 12.1 Å². The fourth-order valence-electron chi connectivity index (χ4n) is 4.76. The highest BCUT2D eigenvalue weighted by Gasteiger charge is 2.35. The molecule has 180 valence electrons. The number of benzene rings is 2. The van der Waals surface area contributed by atoms with Crippen molar-refractivity contribution in [1.82, 2.24) is 10.6 Å². The molecule has 1 fully saturated rings. The molecule has 2 amide bonds. The summed E-state index contributed by atoms with van der Waals surface area (Å²) in [7, 11) is 0. The van der Waals surface area contributed by atoms with Crippen LogP contribution < -0.4 is 10.6 Å². The molecule has 1 saturated heterocycles. The van der Waals surface area contributed by atoms with Crippen molar-refractivity contribution in [3.05, 3.63) is 59.7 Å². The largest absolute Gasteiger partial charge is 0.479 e. The Balaban J connectivity index is 1.35. The summed E-state index contributed by atoms with van der Waals surface area (Å²) < 4.78 is 10.8. The molecule has 8 nitrogen and oxygen atoms in total. The molecule has 0 saturated carbocycles. The van der Waals surface area contributed by atoms with E-state index < -0.39 is 24.2 Å². The van der Waals surface area contributed by atoms with Crippen LogP contribution in [-0.4, -0.2) is 55.0 Å². The van der Waals surface area contributed by atoms with Gasteiger partial charge in [-0.2, -0.15) is 0 Å². The molecule has 8 heteroatoms. The first-order valence-electron chi connectivity index (χ1n) is 11.6. The average Bonchev–Trinajstić information content (AvgIpc) is 3.42. The normalized spacial score (nSPS) is 19.9. The molecule has 0 bridgehead atoms. The summed E-state index contributed by atoms with van der Waals surface area (Å²) in [5, 5.41) is 14.7. The van der Waals surface area contributed by atoms with Crippen LogP contribution in [-0.2, 0) is 19.1 Å². The summed E-state index contributed by atoms with van der Waals surface area (Å²) in [6.07, 6.45) is -1.03. The Labute approximate surface area is 198 Å². The lowest BCUT2D eigenvalue weighted by Gasteiger charge is -2.23. The molecular formula is C26H30N2O6. The highest BCUT2D eigenvalue weighted by molar-refractivity contribution is 5.86. The molecule has 34 heavy (non-hydrogen) atoms. The number of aliphatic carboxylic acids is 1. The number of rotatable bonds is 8. The summed E-state index contributed by atoms with van der Waals surface area (Å²) in [5.74, 6) is -1.97. The van der Waals surface area contributed by atoms with E-state index in [1.165, 1.54) is 0 Å². The molecule has 3 atom stereocenters. The van der Waals surface area contributed by atoms with E-state index >= 15 is 0 Å². The van der Waals surface area contributed by atoms with E-state index in [2.05, 4.69) is 22.8 Å². The molecule has 2 aromatic rings. The Morgan fingerprint density at radius 3 is 2.26 bits per heavy atom. The zero-order valence-electron chi connectivity index (χ0n) is 19.3. The number of fused-ring (bicyclic) bond motifs is 3. The average molecular weight is 467 g/mol. The molecule has 0 spiro atoms. The first-order chi connectivity index (χ1) is 16.4. The van der Waals surface area contributed by atoms with Gasteiger partial charge in [0.25, 0.3) is 0 Å². The third-order valence-corrected chi connectivity index (χ3v) is 6.56. The number of amides is 2. The van der Waals surface area contributed by atoms with Gasteiger partial charge in [0.15, 0.2) is 6.10 Å². The maximum absolute atomic E-state index is 12.8. The number of carboxylic acids is 1. The zero-order valence-corrected chi connectivity index (χ0v) is 19.3. The number of carboxylic acid groups (broad SMARTS) is 1. The van der Waals surface area contributed by atoms with Gasteiger partial charge in [-0.05, 0) is 34.6 Å². The van der Waals surface area contributed by atoms with E-state index in [-0.39, 0.29) is 36.8 Å². The van der Waals surface area contributed by atoms with Crippen LogP contribution in [0.25, 0.3) is 11.1 Å². The Bertz CT molecular complexity index is 1020.